The fourth-order valence-electron chi connectivity index (χ4n) is 3.56. The molecule has 1 amide bonds. The lowest BCUT2D eigenvalue weighted by Crippen LogP contribution is -2.49. The van der Waals surface area contributed by atoms with Crippen LogP contribution in [0.3, 0.4) is 0 Å². The van der Waals surface area contributed by atoms with Crippen LogP contribution in [0.25, 0.3) is 0 Å². The predicted octanol–water partition coefficient (Wildman–Crippen LogP) is 3.32. The summed E-state index contributed by atoms with van der Waals surface area (Å²) in [5.74, 6) is -0.00717. The van der Waals surface area contributed by atoms with Crippen LogP contribution in [0.5, 0.6) is 0 Å². The van der Waals surface area contributed by atoms with Crippen LogP contribution < -0.4 is 4.90 Å². The largest absolute Gasteiger partial charge is 0.401 e. The SMILES string of the molecule is CN1C(=O)C2(CCN(CC(F)(F)F)CC2)c2ccc(Br)cc21. The fraction of sp³-hybridized carbons (Fsp3) is 0.533. The van der Waals surface area contributed by atoms with Crippen molar-refractivity contribution in [1.29, 1.82) is 0 Å². The first-order valence-corrected chi connectivity index (χ1v) is 7.89. The van der Waals surface area contributed by atoms with E-state index in [0.717, 1.165) is 15.7 Å². The molecule has 0 saturated carbocycles. The second kappa shape index (κ2) is 5.23. The highest BCUT2D eigenvalue weighted by Gasteiger charge is 2.51. The number of likely N-dealkylation sites (N-methyl/N-ethyl adjacent to an activating group) is 1. The number of piperidine rings is 1. The van der Waals surface area contributed by atoms with E-state index in [1.165, 1.54) is 4.90 Å². The van der Waals surface area contributed by atoms with E-state index < -0.39 is 18.1 Å². The first-order valence-electron chi connectivity index (χ1n) is 7.10. The average molecular weight is 377 g/mol. The Morgan fingerprint density at radius 3 is 2.50 bits per heavy atom. The molecule has 2 aliphatic rings. The van der Waals surface area contributed by atoms with Crippen LogP contribution >= 0.6 is 15.9 Å². The van der Waals surface area contributed by atoms with Gasteiger partial charge in [0, 0.05) is 17.2 Å². The van der Waals surface area contributed by atoms with E-state index in [0.29, 0.717) is 12.8 Å². The molecule has 0 aromatic heterocycles. The van der Waals surface area contributed by atoms with Gasteiger partial charge >= 0.3 is 6.18 Å². The van der Waals surface area contributed by atoms with Gasteiger partial charge in [-0.15, -0.1) is 0 Å². The van der Waals surface area contributed by atoms with Crippen molar-refractivity contribution in [3.63, 3.8) is 0 Å². The Kier molecular flexibility index (Phi) is 3.76. The number of amides is 1. The molecule has 2 heterocycles. The van der Waals surface area contributed by atoms with Crippen molar-refractivity contribution >= 4 is 27.5 Å². The molecule has 1 aromatic rings. The second-order valence-electron chi connectivity index (χ2n) is 6.00. The van der Waals surface area contributed by atoms with Gasteiger partial charge in [-0.25, -0.2) is 0 Å². The minimum Gasteiger partial charge on any atom is -0.314 e. The van der Waals surface area contributed by atoms with Gasteiger partial charge in [-0.05, 0) is 43.6 Å². The van der Waals surface area contributed by atoms with E-state index in [1.54, 1.807) is 11.9 Å². The molecule has 0 atom stereocenters. The zero-order valence-electron chi connectivity index (χ0n) is 12.1. The van der Waals surface area contributed by atoms with Crippen molar-refractivity contribution in [1.82, 2.24) is 4.90 Å². The number of hydrogen-bond donors (Lipinski definition) is 0. The summed E-state index contributed by atoms with van der Waals surface area (Å²) in [7, 11) is 1.73. The molecular weight excluding hydrogens is 361 g/mol. The van der Waals surface area contributed by atoms with Gasteiger partial charge < -0.3 is 4.90 Å². The zero-order valence-corrected chi connectivity index (χ0v) is 13.7. The number of anilines is 1. The lowest BCUT2D eigenvalue weighted by atomic mass is 9.73. The number of benzene rings is 1. The van der Waals surface area contributed by atoms with Gasteiger partial charge in [0.25, 0.3) is 0 Å². The summed E-state index contributed by atoms with van der Waals surface area (Å²) in [6, 6.07) is 5.69. The number of rotatable bonds is 1. The lowest BCUT2D eigenvalue weighted by molar-refractivity contribution is -0.150. The highest BCUT2D eigenvalue weighted by molar-refractivity contribution is 9.10. The molecule has 1 spiro atoms. The van der Waals surface area contributed by atoms with Gasteiger partial charge in [0.2, 0.25) is 5.91 Å². The molecule has 22 heavy (non-hydrogen) atoms. The summed E-state index contributed by atoms with van der Waals surface area (Å²) in [6.07, 6.45) is -3.33. The highest BCUT2D eigenvalue weighted by atomic mass is 79.9. The third kappa shape index (κ3) is 2.54. The van der Waals surface area contributed by atoms with Crippen molar-refractivity contribution in [3.8, 4) is 0 Å². The van der Waals surface area contributed by atoms with E-state index in [4.69, 9.17) is 0 Å². The van der Waals surface area contributed by atoms with Crippen molar-refractivity contribution in [2.75, 3.05) is 31.6 Å². The Balaban J connectivity index is 1.86. The first kappa shape index (κ1) is 15.8. The summed E-state index contributed by atoms with van der Waals surface area (Å²) in [6.45, 7) is -0.330. The van der Waals surface area contributed by atoms with Gasteiger partial charge in [-0.1, -0.05) is 22.0 Å². The van der Waals surface area contributed by atoms with E-state index in [9.17, 15) is 18.0 Å². The Bertz CT molecular complexity index is 609. The van der Waals surface area contributed by atoms with E-state index in [2.05, 4.69) is 15.9 Å². The predicted molar refractivity (Wildman–Crippen MR) is 81.0 cm³/mol. The number of alkyl halides is 3. The summed E-state index contributed by atoms with van der Waals surface area (Å²) >= 11 is 3.40. The molecule has 1 aromatic carbocycles. The Hall–Kier alpha value is -1.08. The van der Waals surface area contributed by atoms with E-state index in [1.807, 2.05) is 18.2 Å². The van der Waals surface area contributed by atoms with Gasteiger partial charge in [0.05, 0.1) is 12.0 Å². The first-order chi connectivity index (χ1) is 10.2. The molecule has 2 aliphatic heterocycles. The highest BCUT2D eigenvalue weighted by Crippen LogP contribution is 2.48. The van der Waals surface area contributed by atoms with Crippen LogP contribution in [-0.2, 0) is 10.2 Å². The summed E-state index contributed by atoms with van der Waals surface area (Å²) < 4.78 is 38.4. The number of carbonyl (C=O) groups is 1. The number of hydrogen-bond acceptors (Lipinski definition) is 2. The maximum Gasteiger partial charge on any atom is 0.401 e. The summed E-state index contributed by atoms with van der Waals surface area (Å²) in [5, 5.41) is 0. The Morgan fingerprint density at radius 2 is 1.91 bits per heavy atom. The fourth-order valence-corrected chi connectivity index (χ4v) is 3.91. The van der Waals surface area contributed by atoms with Crippen molar-refractivity contribution in [2.45, 2.75) is 24.4 Å². The second-order valence-corrected chi connectivity index (χ2v) is 6.91. The minimum absolute atomic E-state index is 0.00717. The van der Waals surface area contributed by atoms with Crippen LogP contribution in [0.1, 0.15) is 18.4 Å². The molecule has 1 fully saturated rings. The molecule has 3 nitrogen and oxygen atoms in total. The van der Waals surface area contributed by atoms with Crippen LogP contribution in [0.4, 0.5) is 18.9 Å². The van der Waals surface area contributed by atoms with Gasteiger partial charge in [0.1, 0.15) is 0 Å². The normalized spacial score (nSPS) is 21.5. The number of nitrogens with zero attached hydrogens (tertiary/aromatic N) is 2. The van der Waals surface area contributed by atoms with Crippen molar-refractivity contribution in [3.05, 3.63) is 28.2 Å². The lowest BCUT2D eigenvalue weighted by Gasteiger charge is -2.38. The number of fused-ring (bicyclic) bond motifs is 2. The van der Waals surface area contributed by atoms with E-state index >= 15 is 0 Å². The van der Waals surface area contributed by atoms with Gasteiger partial charge in [-0.2, -0.15) is 13.2 Å². The number of carbonyl (C=O) groups excluding carboxylic acids is 1. The molecule has 7 heteroatoms. The Morgan fingerprint density at radius 1 is 1.27 bits per heavy atom. The van der Waals surface area contributed by atoms with Crippen LogP contribution in [0.15, 0.2) is 22.7 Å². The molecule has 120 valence electrons. The molecule has 0 N–H and O–H groups in total. The Labute approximate surface area is 135 Å². The standard InChI is InChI=1S/C15H16BrF3N2O/c1-20-12-8-10(16)2-3-11(12)14(13(20)22)4-6-21(7-5-14)9-15(17,18)19/h2-3,8H,4-7,9H2,1H3. The zero-order chi connectivity index (χ0) is 16.1. The molecule has 0 aliphatic carbocycles. The molecule has 1 saturated heterocycles. The number of likely N-dealkylation sites (tertiary alicyclic amines) is 1. The summed E-state index contributed by atoms with van der Waals surface area (Å²) in [5.41, 5.74) is 1.13. The number of halogens is 4. The molecule has 0 unspecified atom stereocenters. The minimum atomic E-state index is -4.19. The molecule has 0 radical (unpaired) electrons. The van der Waals surface area contributed by atoms with Gasteiger partial charge in [-0.3, -0.25) is 9.69 Å². The third-order valence-electron chi connectivity index (χ3n) is 4.66. The van der Waals surface area contributed by atoms with E-state index in [-0.39, 0.29) is 19.0 Å². The maximum absolute atomic E-state index is 12.7. The molecular formula is C15H16BrF3N2O. The van der Waals surface area contributed by atoms with Crippen molar-refractivity contribution < 1.29 is 18.0 Å². The van der Waals surface area contributed by atoms with Crippen LogP contribution in [0, 0.1) is 0 Å². The summed E-state index contributed by atoms with van der Waals surface area (Å²) in [4.78, 5) is 15.7. The van der Waals surface area contributed by atoms with Gasteiger partial charge in [0.15, 0.2) is 0 Å². The quantitative estimate of drug-likeness (QED) is 0.750. The van der Waals surface area contributed by atoms with Crippen LogP contribution in [0.2, 0.25) is 0 Å². The smallest absolute Gasteiger partial charge is 0.314 e. The van der Waals surface area contributed by atoms with Crippen LogP contribution in [-0.4, -0.2) is 43.7 Å². The van der Waals surface area contributed by atoms with Crippen molar-refractivity contribution in [2.24, 2.45) is 0 Å². The maximum atomic E-state index is 12.7. The molecule has 0 bridgehead atoms. The monoisotopic (exact) mass is 376 g/mol. The average Bonchev–Trinajstić information content (AvgIpc) is 2.63. The third-order valence-corrected chi connectivity index (χ3v) is 5.16. The topological polar surface area (TPSA) is 23.6 Å². The molecule has 3 rings (SSSR count).